The predicted octanol–water partition coefficient (Wildman–Crippen LogP) is 2.00. The van der Waals surface area contributed by atoms with E-state index in [1.807, 2.05) is 39.8 Å². The van der Waals surface area contributed by atoms with E-state index in [1.54, 1.807) is 15.9 Å². The van der Waals surface area contributed by atoms with Gasteiger partial charge in [-0.3, -0.25) is 4.79 Å². The minimum absolute atomic E-state index is 0.0369. The summed E-state index contributed by atoms with van der Waals surface area (Å²) in [4.78, 5) is 28.9. The lowest BCUT2D eigenvalue weighted by Gasteiger charge is -2.39. The number of carbonyl (C=O) groups excluding carboxylic acids is 2. The minimum atomic E-state index is -0.573. The Kier molecular flexibility index (Phi) is 5.11. The first kappa shape index (κ1) is 19.2. The van der Waals surface area contributed by atoms with Gasteiger partial charge in [0.15, 0.2) is 0 Å². The van der Waals surface area contributed by atoms with E-state index < -0.39 is 17.7 Å². The summed E-state index contributed by atoms with van der Waals surface area (Å²) in [5.41, 5.74) is 2.10. The Morgan fingerprint density at radius 3 is 2.63 bits per heavy atom. The van der Waals surface area contributed by atoms with E-state index in [-0.39, 0.29) is 18.5 Å². The molecule has 2 aliphatic rings. The quantitative estimate of drug-likeness (QED) is 0.817. The van der Waals surface area contributed by atoms with Gasteiger partial charge in [0.2, 0.25) is 5.91 Å². The number of amides is 2. The van der Waals surface area contributed by atoms with Crippen LogP contribution in [0.5, 0.6) is 0 Å². The highest BCUT2D eigenvalue weighted by atomic mass is 16.6. The SMILES string of the molecule is C[C@@H]1CN[C@H](C(=O)N2Cc3ccc(C#N)cc3C2)CN1C(=O)OC(C)(C)C. The third-order valence-electron chi connectivity index (χ3n) is 4.87. The van der Waals surface area contributed by atoms with Gasteiger partial charge in [0.05, 0.1) is 11.6 Å². The van der Waals surface area contributed by atoms with Crippen molar-refractivity contribution in [2.24, 2.45) is 0 Å². The molecule has 1 N–H and O–H groups in total. The van der Waals surface area contributed by atoms with Gasteiger partial charge < -0.3 is 19.9 Å². The van der Waals surface area contributed by atoms with Crippen LogP contribution in [0.3, 0.4) is 0 Å². The van der Waals surface area contributed by atoms with Crippen LogP contribution in [0.4, 0.5) is 4.79 Å². The van der Waals surface area contributed by atoms with Crippen LogP contribution in [0.25, 0.3) is 0 Å². The lowest BCUT2D eigenvalue weighted by atomic mass is 10.1. The summed E-state index contributed by atoms with van der Waals surface area (Å²) in [6.45, 7) is 9.27. The zero-order valence-electron chi connectivity index (χ0n) is 16.3. The second kappa shape index (κ2) is 7.20. The Morgan fingerprint density at radius 1 is 1.26 bits per heavy atom. The summed E-state index contributed by atoms with van der Waals surface area (Å²) >= 11 is 0. The molecular formula is C20H26N4O3. The molecule has 7 heteroatoms. The van der Waals surface area contributed by atoms with Crippen molar-refractivity contribution in [2.75, 3.05) is 13.1 Å². The van der Waals surface area contributed by atoms with Crippen LogP contribution < -0.4 is 5.32 Å². The van der Waals surface area contributed by atoms with E-state index in [1.165, 1.54) is 0 Å². The van der Waals surface area contributed by atoms with E-state index >= 15 is 0 Å². The first-order valence-electron chi connectivity index (χ1n) is 9.21. The summed E-state index contributed by atoms with van der Waals surface area (Å²) in [5, 5.41) is 12.3. The highest BCUT2D eigenvalue weighted by molar-refractivity contribution is 5.84. The molecule has 2 aliphatic heterocycles. The van der Waals surface area contributed by atoms with E-state index in [0.29, 0.717) is 25.2 Å². The van der Waals surface area contributed by atoms with E-state index in [9.17, 15) is 9.59 Å². The van der Waals surface area contributed by atoms with E-state index in [2.05, 4.69) is 11.4 Å². The predicted molar refractivity (Wildman–Crippen MR) is 99.6 cm³/mol. The lowest BCUT2D eigenvalue weighted by Crippen LogP contribution is -2.62. The van der Waals surface area contributed by atoms with Crippen molar-refractivity contribution in [1.29, 1.82) is 5.26 Å². The number of nitrogens with one attached hydrogen (secondary N) is 1. The Bertz CT molecular complexity index is 793. The van der Waals surface area contributed by atoms with Crippen LogP contribution in [-0.4, -0.2) is 52.6 Å². The van der Waals surface area contributed by atoms with E-state index in [0.717, 1.165) is 11.1 Å². The lowest BCUT2D eigenvalue weighted by molar-refractivity contribution is -0.135. The summed E-state index contributed by atoms with van der Waals surface area (Å²) in [5.74, 6) is -0.0369. The topological polar surface area (TPSA) is 85.7 Å². The molecule has 0 unspecified atom stereocenters. The van der Waals surface area contributed by atoms with Crippen LogP contribution in [0.2, 0.25) is 0 Å². The van der Waals surface area contributed by atoms with Crippen molar-refractivity contribution in [3.05, 3.63) is 34.9 Å². The number of fused-ring (bicyclic) bond motifs is 1. The molecule has 0 spiro atoms. The smallest absolute Gasteiger partial charge is 0.410 e. The number of ether oxygens (including phenoxy) is 1. The van der Waals surface area contributed by atoms with Gasteiger partial charge in [-0.05, 0) is 51.0 Å². The summed E-state index contributed by atoms with van der Waals surface area (Å²) < 4.78 is 5.48. The first-order chi connectivity index (χ1) is 12.7. The molecule has 2 amide bonds. The second-order valence-electron chi connectivity index (χ2n) is 8.23. The summed E-state index contributed by atoms with van der Waals surface area (Å²) in [6, 6.07) is 7.15. The number of hydrogen-bond acceptors (Lipinski definition) is 5. The van der Waals surface area contributed by atoms with Crippen molar-refractivity contribution in [1.82, 2.24) is 15.1 Å². The third-order valence-corrected chi connectivity index (χ3v) is 4.87. The molecule has 3 rings (SSSR count). The molecule has 27 heavy (non-hydrogen) atoms. The van der Waals surface area contributed by atoms with E-state index in [4.69, 9.17) is 10.00 Å². The normalized spacial score (nSPS) is 22.2. The maximum absolute atomic E-state index is 13.0. The van der Waals surface area contributed by atoms with Crippen molar-refractivity contribution >= 4 is 12.0 Å². The number of benzene rings is 1. The molecule has 0 aromatic heterocycles. The average molecular weight is 370 g/mol. The molecular weight excluding hydrogens is 344 g/mol. The highest BCUT2D eigenvalue weighted by Crippen LogP contribution is 2.25. The van der Waals surface area contributed by atoms with Crippen LogP contribution in [0.15, 0.2) is 18.2 Å². The maximum atomic E-state index is 13.0. The fourth-order valence-corrected chi connectivity index (χ4v) is 3.44. The maximum Gasteiger partial charge on any atom is 0.410 e. The fourth-order valence-electron chi connectivity index (χ4n) is 3.44. The molecule has 1 aromatic carbocycles. The molecule has 2 atom stereocenters. The van der Waals surface area contributed by atoms with Crippen molar-refractivity contribution in [3.63, 3.8) is 0 Å². The van der Waals surface area contributed by atoms with Crippen LogP contribution in [0.1, 0.15) is 44.4 Å². The molecule has 0 bridgehead atoms. The second-order valence-corrected chi connectivity index (χ2v) is 8.23. The van der Waals surface area contributed by atoms with Crippen molar-refractivity contribution in [3.8, 4) is 6.07 Å². The molecule has 1 fully saturated rings. The summed E-state index contributed by atoms with van der Waals surface area (Å²) in [6.07, 6.45) is -0.391. The molecule has 0 radical (unpaired) electrons. The zero-order chi connectivity index (χ0) is 19.8. The number of nitrogens with zero attached hydrogens (tertiary/aromatic N) is 3. The Balaban J connectivity index is 1.67. The van der Waals surface area contributed by atoms with Crippen molar-refractivity contribution < 1.29 is 14.3 Å². The minimum Gasteiger partial charge on any atom is -0.444 e. The molecule has 1 aromatic rings. The largest absolute Gasteiger partial charge is 0.444 e. The Hall–Kier alpha value is -2.59. The number of piperazine rings is 1. The van der Waals surface area contributed by atoms with Gasteiger partial charge in [-0.1, -0.05) is 6.07 Å². The van der Waals surface area contributed by atoms with Crippen molar-refractivity contribution in [2.45, 2.75) is 58.5 Å². The summed E-state index contributed by atoms with van der Waals surface area (Å²) in [7, 11) is 0. The molecule has 144 valence electrons. The van der Waals surface area contributed by atoms with Gasteiger partial charge in [0.25, 0.3) is 0 Å². The van der Waals surface area contributed by atoms with Gasteiger partial charge in [-0.2, -0.15) is 5.26 Å². The monoisotopic (exact) mass is 370 g/mol. The molecule has 1 saturated heterocycles. The number of rotatable bonds is 1. The molecule has 2 heterocycles. The van der Waals surface area contributed by atoms with Crippen LogP contribution >= 0.6 is 0 Å². The molecule has 0 aliphatic carbocycles. The molecule has 7 nitrogen and oxygen atoms in total. The Labute approximate surface area is 159 Å². The average Bonchev–Trinajstić information content (AvgIpc) is 3.03. The zero-order valence-corrected chi connectivity index (χ0v) is 16.3. The molecule has 0 saturated carbocycles. The van der Waals surface area contributed by atoms with Gasteiger partial charge >= 0.3 is 6.09 Å². The first-order valence-corrected chi connectivity index (χ1v) is 9.21. The van der Waals surface area contributed by atoms with Gasteiger partial charge in [-0.25, -0.2) is 4.79 Å². The fraction of sp³-hybridized carbons (Fsp3) is 0.550. The van der Waals surface area contributed by atoms with Crippen LogP contribution in [0, 0.1) is 11.3 Å². The number of hydrogen-bond donors (Lipinski definition) is 1. The number of carbonyl (C=O) groups is 2. The highest BCUT2D eigenvalue weighted by Gasteiger charge is 2.37. The number of nitriles is 1. The van der Waals surface area contributed by atoms with Crippen LogP contribution in [-0.2, 0) is 22.6 Å². The Morgan fingerprint density at radius 2 is 1.96 bits per heavy atom. The van der Waals surface area contributed by atoms with Gasteiger partial charge in [-0.15, -0.1) is 0 Å². The third kappa shape index (κ3) is 4.22. The van der Waals surface area contributed by atoms with Gasteiger partial charge in [0.1, 0.15) is 11.6 Å². The standard InChI is InChI=1S/C20H26N4O3/c1-13-9-22-17(12-24(13)19(26)27-20(2,3)4)18(25)23-10-15-6-5-14(8-21)7-16(15)11-23/h5-7,13,17,22H,9-12H2,1-4H3/t13-,17+/m1/s1. The van der Waals surface area contributed by atoms with Gasteiger partial charge in [0, 0.05) is 32.2 Å².